The van der Waals surface area contributed by atoms with Crippen LogP contribution in [0, 0.1) is 13.8 Å². The van der Waals surface area contributed by atoms with Crippen LogP contribution in [0.5, 0.6) is 0 Å². The first-order valence-electron chi connectivity index (χ1n) is 6.42. The molecule has 0 bridgehead atoms. The van der Waals surface area contributed by atoms with Gasteiger partial charge in [0.15, 0.2) is 0 Å². The fraction of sp³-hybridized carbons (Fsp3) is 0.286. The summed E-state index contributed by atoms with van der Waals surface area (Å²) in [6.07, 6.45) is 2.60. The van der Waals surface area contributed by atoms with Gasteiger partial charge in [0.1, 0.15) is 4.90 Å². The number of hydrogen-bond donors (Lipinski definition) is 1. The molecule has 0 atom stereocenters. The molecule has 1 aromatic carbocycles. The van der Waals surface area contributed by atoms with Crippen molar-refractivity contribution in [3.8, 4) is 0 Å². The third-order valence-corrected chi connectivity index (χ3v) is 4.93. The standard InChI is InChI=1S/C14H18N4O2S/c1-10-5-6-13(11(2)7-10)18(4)21(19,20)12-8-16-14(15-3)17-9-12/h5-9H,1-4H3,(H,15,16,17). The van der Waals surface area contributed by atoms with Gasteiger partial charge in [0.2, 0.25) is 5.95 Å². The number of nitrogens with one attached hydrogen (secondary N) is 1. The van der Waals surface area contributed by atoms with Gasteiger partial charge in [-0.1, -0.05) is 17.7 Å². The van der Waals surface area contributed by atoms with Crippen molar-refractivity contribution >= 4 is 21.7 Å². The van der Waals surface area contributed by atoms with Crippen LogP contribution in [-0.2, 0) is 10.0 Å². The van der Waals surface area contributed by atoms with Gasteiger partial charge >= 0.3 is 0 Å². The minimum absolute atomic E-state index is 0.0592. The van der Waals surface area contributed by atoms with Crippen LogP contribution in [0.2, 0.25) is 0 Å². The van der Waals surface area contributed by atoms with Gasteiger partial charge in [-0.15, -0.1) is 0 Å². The zero-order valence-electron chi connectivity index (χ0n) is 12.5. The van der Waals surface area contributed by atoms with Crippen molar-refractivity contribution in [2.75, 3.05) is 23.7 Å². The lowest BCUT2D eigenvalue weighted by atomic mass is 10.1. The molecular weight excluding hydrogens is 288 g/mol. The number of benzene rings is 1. The summed E-state index contributed by atoms with van der Waals surface area (Å²) in [7, 11) is -0.473. The van der Waals surface area contributed by atoms with Crippen LogP contribution in [0.25, 0.3) is 0 Å². The van der Waals surface area contributed by atoms with Gasteiger partial charge in [0.25, 0.3) is 10.0 Å². The molecule has 21 heavy (non-hydrogen) atoms. The molecule has 7 heteroatoms. The Kier molecular flexibility index (Phi) is 4.13. The van der Waals surface area contributed by atoms with Crippen molar-refractivity contribution in [1.82, 2.24) is 9.97 Å². The average molecular weight is 306 g/mol. The van der Waals surface area contributed by atoms with E-state index in [4.69, 9.17) is 0 Å². The Bertz CT molecular complexity index is 742. The van der Waals surface area contributed by atoms with Crippen molar-refractivity contribution in [2.24, 2.45) is 0 Å². The minimum atomic E-state index is -3.67. The number of aromatic nitrogens is 2. The number of rotatable bonds is 4. The summed E-state index contributed by atoms with van der Waals surface area (Å²) >= 11 is 0. The van der Waals surface area contributed by atoms with Crippen LogP contribution in [0.4, 0.5) is 11.6 Å². The SMILES string of the molecule is CNc1ncc(S(=O)(=O)N(C)c2ccc(C)cc2C)cn1. The smallest absolute Gasteiger partial charge is 0.267 e. The first kappa shape index (κ1) is 15.2. The van der Waals surface area contributed by atoms with Gasteiger partial charge in [0.05, 0.1) is 18.1 Å². The van der Waals surface area contributed by atoms with Crippen molar-refractivity contribution < 1.29 is 8.42 Å². The molecule has 0 fully saturated rings. The van der Waals surface area contributed by atoms with Crippen LogP contribution in [-0.4, -0.2) is 32.5 Å². The third kappa shape index (κ3) is 2.97. The highest BCUT2D eigenvalue weighted by atomic mass is 32.2. The first-order valence-corrected chi connectivity index (χ1v) is 7.86. The summed E-state index contributed by atoms with van der Waals surface area (Å²) in [5, 5.41) is 2.75. The Morgan fingerprint density at radius 1 is 1.14 bits per heavy atom. The van der Waals surface area contributed by atoms with Crippen LogP contribution < -0.4 is 9.62 Å². The Balaban J connectivity index is 2.42. The largest absolute Gasteiger partial charge is 0.357 e. The van der Waals surface area contributed by atoms with Crippen molar-refractivity contribution in [3.05, 3.63) is 41.7 Å². The molecule has 2 aromatic rings. The molecule has 0 radical (unpaired) electrons. The maximum atomic E-state index is 12.6. The van der Waals surface area contributed by atoms with Gasteiger partial charge in [-0.2, -0.15) is 0 Å². The zero-order valence-corrected chi connectivity index (χ0v) is 13.3. The Morgan fingerprint density at radius 3 is 2.29 bits per heavy atom. The molecule has 0 unspecified atom stereocenters. The fourth-order valence-electron chi connectivity index (χ4n) is 2.02. The van der Waals surface area contributed by atoms with E-state index in [1.165, 1.54) is 23.7 Å². The third-order valence-electron chi connectivity index (χ3n) is 3.20. The highest BCUT2D eigenvalue weighted by Gasteiger charge is 2.23. The monoisotopic (exact) mass is 306 g/mol. The van der Waals surface area contributed by atoms with E-state index in [-0.39, 0.29) is 4.90 Å². The maximum Gasteiger partial charge on any atom is 0.267 e. The minimum Gasteiger partial charge on any atom is -0.357 e. The molecular formula is C14H18N4O2S. The van der Waals surface area contributed by atoms with E-state index in [9.17, 15) is 8.42 Å². The highest BCUT2D eigenvalue weighted by molar-refractivity contribution is 7.92. The molecule has 0 aliphatic rings. The number of nitrogens with zero attached hydrogens (tertiary/aromatic N) is 3. The van der Waals surface area contributed by atoms with Crippen LogP contribution in [0.1, 0.15) is 11.1 Å². The molecule has 6 nitrogen and oxygen atoms in total. The van der Waals surface area contributed by atoms with Crippen LogP contribution >= 0.6 is 0 Å². The predicted octanol–water partition coefficient (Wildman–Crippen LogP) is 1.96. The lowest BCUT2D eigenvalue weighted by Crippen LogP contribution is -2.27. The fourth-order valence-corrected chi connectivity index (χ4v) is 3.18. The molecule has 0 aliphatic heterocycles. The maximum absolute atomic E-state index is 12.6. The summed E-state index contributed by atoms with van der Waals surface area (Å²) < 4.78 is 26.4. The van der Waals surface area contributed by atoms with E-state index in [2.05, 4.69) is 15.3 Å². The molecule has 0 aliphatic carbocycles. The van der Waals surface area contributed by atoms with Gasteiger partial charge in [-0.05, 0) is 25.5 Å². The summed E-state index contributed by atoms with van der Waals surface area (Å²) in [5.41, 5.74) is 2.62. The number of sulfonamides is 1. The number of anilines is 2. The van der Waals surface area contributed by atoms with Gasteiger partial charge in [0, 0.05) is 14.1 Å². The summed E-state index contributed by atoms with van der Waals surface area (Å²) in [4.78, 5) is 7.96. The summed E-state index contributed by atoms with van der Waals surface area (Å²) in [6.45, 7) is 3.85. The number of hydrogen-bond acceptors (Lipinski definition) is 5. The predicted molar refractivity (Wildman–Crippen MR) is 83.1 cm³/mol. The molecule has 2 rings (SSSR count). The highest BCUT2D eigenvalue weighted by Crippen LogP contribution is 2.25. The molecule has 0 saturated carbocycles. The lowest BCUT2D eigenvalue weighted by molar-refractivity contribution is 0.593. The average Bonchev–Trinajstić information content (AvgIpc) is 2.46. The molecule has 1 aromatic heterocycles. The molecule has 1 heterocycles. The van der Waals surface area contributed by atoms with Crippen molar-refractivity contribution in [1.29, 1.82) is 0 Å². The Labute approximate surface area is 124 Å². The normalized spacial score (nSPS) is 11.2. The molecule has 0 amide bonds. The molecule has 0 spiro atoms. The number of aryl methyl sites for hydroxylation is 2. The van der Waals surface area contributed by atoms with Gasteiger partial charge in [-0.3, -0.25) is 4.31 Å². The van der Waals surface area contributed by atoms with Crippen LogP contribution in [0.3, 0.4) is 0 Å². The van der Waals surface area contributed by atoms with E-state index >= 15 is 0 Å². The first-order chi connectivity index (χ1) is 9.86. The van der Waals surface area contributed by atoms with E-state index < -0.39 is 10.0 Å². The summed E-state index contributed by atoms with van der Waals surface area (Å²) in [5.74, 6) is 0.378. The van der Waals surface area contributed by atoms with E-state index in [1.807, 2.05) is 26.0 Å². The second-order valence-corrected chi connectivity index (χ2v) is 6.72. The lowest BCUT2D eigenvalue weighted by Gasteiger charge is -2.21. The van der Waals surface area contributed by atoms with E-state index in [1.54, 1.807) is 13.1 Å². The molecule has 0 saturated heterocycles. The van der Waals surface area contributed by atoms with Crippen molar-refractivity contribution in [3.63, 3.8) is 0 Å². The van der Waals surface area contributed by atoms with E-state index in [0.717, 1.165) is 11.1 Å². The van der Waals surface area contributed by atoms with Gasteiger partial charge in [-0.25, -0.2) is 18.4 Å². The van der Waals surface area contributed by atoms with Gasteiger partial charge < -0.3 is 5.32 Å². The van der Waals surface area contributed by atoms with Crippen molar-refractivity contribution in [2.45, 2.75) is 18.7 Å². The Hall–Kier alpha value is -2.15. The Morgan fingerprint density at radius 2 is 1.76 bits per heavy atom. The molecule has 1 N–H and O–H groups in total. The topological polar surface area (TPSA) is 75.2 Å². The second kappa shape index (κ2) is 5.69. The van der Waals surface area contributed by atoms with Crippen LogP contribution in [0.15, 0.2) is 35.5 Å². The molecule has 112 valence electrons. The van der Waals surface area contributed by atoms with E-state index in [0.29, 0.717) is 11.6 Å². The summed E-state index contributed by atoms with van der Waals surface area (Å²) in [6, 6.07) is 5.63. The zero-order chi connectivity index (χ0) is 15.6. The quantitative estimate of drug-likeness (QED) is 0.934. The second-order valence-electron chi connectivity index (χ2n) is 4.75.